The highest BCUT2D eigenvalue weighted by atomic mass is 32.2. The molecule has 5 N–H and O–H groups in total. The van der Waals surface area contributed by atoms with Gasteiger partial charge in [-0.2, -0.15) is 0 Å². The maximum atomic E-state index is 12.6. The fraction of sp³-hybridized carbons (Fsp3) is 0.293. The number of hydrogen-bond donors (Lipinski definition) is 4. The molecule has 1 aliphatic rings. The summed E-state index contributed by atoms with van der Waals surface area (Å²) < 4.78 is 15.1. The monoisotopic (exact) mass is 719 g/mol. The van der Waals surface area contributed by atoms with Gasteiger partial charge in [-0.25, -0.2) is 4.98 Å². The molecular weight excluding hydrogens is 675 g/mol. The van der Waals surface area contributed by atoms with Crippen LogP contribution in [0.4, 0.5) is 11.4 Å². The Morgan fingerprint density at radius 3 is 2.37 bits per heavy atom. The van der Waals surface area contributed by atoms with Gasteiger partial charge in [0.25, 0.3) is 0 Å². The molecular formula is C41H45N5O5S. The first-order chi connectivity index (χ1) is 25.3. The number of hydrogen-bond acceptors (Lipinski definition) is 8. The maximum absolute atomic E-state index is 12.6. The van der Waals surface area contributed by atoms with Crippen LogP contribution in [0, 0.1) is 0 Å². The molecule has 1 aliphatic heterocycles. The first kappa shape index (κ1) is 36.8. The summed E-state index contributed by atoms with van der Waals surface area (Å²) in [7, 11) is 1.99. The van der Waals surface area contributed by atoms with Gasteiger partial charge < -0.3 is 35.5 Å². The number of nitrogens with zero attached hydrogens (tertiary/aromatic N) is 2. The van der Waals surface area contributed by atoms with E-state index in [4.69, 9.17) is 15.2 Å². The summed E-state index contributed by atoms with van der Waals surface area (Å²) in [6.07, 6.45) is 5.57. The molecule has 1 aromatic heterocycles. The summed E-state index contributed by atoms with van der Waals surface area (Å²) in [6.45, 7) is 0.417. The third-order valence-electron chi connectivity index (χ3n) is 9.02. The van der Waals surface area contributed by atoms with Crippen molar-refractivity contribution in [3.05, 3.63) is 132 Å². The first-order valence-electron chi connectivity index (χ1n) is 17.6. The molecule has 2 heterocycles. The predicted molar refractivity (Wildman–Crippen MR) is 204 cm³/mol. The normalized spacial score (nSPS) is 17.1. The number of ether oxygens (including phenoxy) is 2. The molecule has 5 aromatic rings. The number of nitrogens with two attached hydrogens (primary N) is 1. The Labute approximate surface area is 308 Å². The lowest BCUT2D eigenvalue weighted by atomic mass is 9.99. The van der Waals surface area contributed by atoms with Gasteiger partial charge in [0, 0.05) is 56.6 Å². The number of amides is 2. The number of para-hydroxylation sites is 2. The van der Waals surface area contributed by atoms with E-state index in [0.717, 1.165) is 44.3 Å². The van der Waals surface area contributed by atoms with Crippen molar-refractivity contribution in [1.82, 2.24) is 14.9 Å². The number of carbonyl (C=O) groups is 2. The third-order valence-corrected chi connectivity index (χ3v) is 10.2. The van der Waals surface area contributed by atoms with E-state index in [9.17, 15) is 14.7 Å². The van der Waals surface area contributed by atoms with E-state index < -0.39 is 6.29 Å². The Balaban J connectivity index is 1.02. The number of thioether (sulfide) groups is 1. The standard InChI is InChI=1S/C41H45N5O5S/c1-46-22-21-43-41(46)52-27-34-24-37(31-15-13-28(26-47)14-16-31)51-40(50-34)32-19-17-30(18-20-32)33-8-6-7-29(23-33)25-44-38(48)11-4-5-12-39(49)45-36-10-3-2-9-35(36)42/h2-3,6-10,13-23,34,37,40,47H,4-5,11-12,24-27,42H2,1H3,(H,44,48)(H,45,49)/t34-,37+,40+/m1/s1. The molecule has 2 amide bonds. The SMILES string of the molecule is Cn1ccnc1SC[C@H]1C[C@@H](c2ccc(CO)cc2)O[C@@H](c2ccc(-c3cccc(CNC(=O)CCCCC(=O)Nc4ccccc4N)c3)cc2)O1. The van der Waals surface area contributed by atoms with Crippen molar-refractivity contribution in [1.29, 1.82) is 0 Å². The van der Waals surface area contributed by atoms with Gasteiger partial charge in [0.15, 0.2) is 11.4 Å². The average molecular weight is 720 g/mol. The van der Waals surface area contributed by atoms with Gasteiger partial charge in [0.2, 0.25) is 11.8 Å². The van der Waals surface area contributed by atoms with Gasteiger partial charge >= 0.3 is 0 Å². The summed E-state index contributed by atoms with van der Waals surface area (Å²) in [4.78, 5) is 29.3. The van der Waals surface area contributed by atoms with Gasteiger partial charge in [-0.15, -0.1) is 0 Å². The van der Waals surface area contributed by atoms with Crippen LogP contribution in [-0.2, 0) is 39.3 Å². The third kappa shape index (κ3) is 10.1. The van der Waals surface area contributed by atoms with E-state index in [-0.39, 0.29) is 30.6 Å². The topological polar surface area (TPSA) is 141 Å². The van der Waals surface area contributed by atoms with Crippen LogP contribution in [0.25, 0.3) is 11.1 Å². The van der Waals surface area contributed by atoms with Gasteiger partial charge in [-0.1, -0.05) is 90.6 Å². The van der Waals surface area contributed by atoms with E-state index in [2.05, 4.69) is 39.9 Å². The van der Waals surface area contributed by atoms with E-state index in [1.807, 2.05) is 78.5 Å². The van der Waals surface area contributed by atoms with Crippen LogP contribution in [0.15, 0.2) is 115 Å². The second kappa shape index (κ2) is 18.0. The zero-order chi connectivity index (χ0) is 36.3. The minimum absolute atomic E-state index is 0.0000749. The van der Waals surface area contributed by atoms with E-state index in [1.54, 1.807) is 30.1 Å². The smallest absolute Gasteiger partial charge is 0.224 e. The number of nitrogens with one attached hydrogen (secondary N) is 2. The quantitative estimate of drug-likeness (QED) is 0.0502. The summed E-state index contributed by atoms with van der Waals surface area (Å²) in [5, 5.41) is 16.3. The van der Waals surface area contributed by atoms with Gasteiger partial charge in [-0.05, 0) is 58.9 Å². The highest BCUT2D eigenvalue weighted by Crippen LogP contribution is 2.39. The molecule has 11 heteroatoms. The van der Waals surface area contributed by atoms with Crippen molar-refractivity contribution < 1.29 is 24.2 Å². The van der Waals surface area contributed by atoms with Crippen molar-refractivity contribution in [3.63, 3.8) is 0 Å². The van der Waals surface area contributed by atoms with E-state index in [1.165, 1.54) is 0 Å². The van der Waals surface area contributed by atoms with E-state index >= 15 is 0 Å². The van der Waals surface area contributed by atoms with Crippen LogP contribution >= 0.6 is 11.8 Å². The average Bonchev–Trinajstić information content (AvgIpc) is 3.60. The van der Waals surface area contributed by atoms with Crippen LogP contribution in [0.1, 0.15) is 66.8 Å². The van der Waals surface area contributed by atoms with Gasteiger partial charge in [0.05, 0.1) is 30.2 Å². The fourth-order valence-corrected chi connectivity index (χ4v) is 7.01. The van der Waals surface area contributed by atoms with Crippen LogP contribution in [0.3, 0.4) is 0 Å². The highest BCUT2D eigenvalue weighted by Gasteiger charge is 2.32. The number of imidazole rings is 1. The lowest BCUT2D eigenvalue weighted by Gasteiger charge is -2.36. The number of benzene rings is 4. The van der Waals surface area contributed by atoms with Crippen LogP contribution in [0.5, 0.6) is 0 Å². The van der Waals surface area contributed by atoms with Crippen molar-refractivity contribution >= 4 is 35.0 Å². The molecule has 0 radical (unpaired) electrons. The molecule has 0 spiro atoms. The molecule has 1 saturated heterocycles. The Bertz CT molecular complexity index is 1930. The zero-order valence-corrected chi connectivity index (χ0v) is 30.1. The summed E-state index contributed by atoms with van der Waals surface area (Å²) >= 11 is 1.67. The largest absolute Gasteiger partial charge is 0.397 e. The second-order valence-corrected chi connectivity index (χ2v) is 13.9. The van der Waals surface area contributed by atoms with Crippen molar-refractivity contribution in [2.75, 3.05) is 16.8 Å². The highest BCUT2D eigenvalue weighted by molar-refractivity contribution is 7.99. The Hall–Kier alpha value is -4.94. The van der Waals surface area contributed by atoms with Crippen LogP contribution < -0.4 is 16.4 Å². The molecule has 6 rings (SSSR count). The Morgan fingerprint density at radius 2 is 1.63 bits per heavy atom. The predicted octanol–water partition coefficient (Wildman–Crippen LogP) is 7.31. The zero-order valence-electron chi connectivity index (χ0n) is 29.2. The number of unbranched alkanes of at least 4 members (excludes halogenated alkanes) is 1. The van der Waals surface area contributed by atoms with Crippen LogP contribution in [-0.4, -0.2) is 38.3 Å². The minimum atomic E-state index is -0.545. The van der Waals surface area contributed by atoms with E-state index in [0.29, 0.717) is 50.0 Å². The molecule has 4 aromatic carbocycles. The number of aryl methyl sites for hydroxylation is 1. The summed E-state index contributed by atoms with van der Waals surface area (Å²) in [5.74, 6) is 0.574. The number of aliphatic hydroxyl groups is 1. The number of nitrogen functional groups attached to an aromatic ring is 1. The van der Waals surface area contributed by atoms with Gasteiger partial charge in [0.1, 0.15) is 0 Å². The van der Waals surface area contributed by atoms with Crippen LogP contribution in [0.2, 0.25) is 0 Å². The molecule has 270 valence electrons. The van der Waals surface area contributed by atoms with Crippen molar-refractivity contribution in [2.24, 2.45) is 7.05 Å². The maximum Gasteiger partial charge on any atom is 0.224 e. The molecule has 3 atom stereocenters. The molecule has 0 aliphatic carbocycles. The molecule has 10 nitrogen and oxygen atoms in total. The number of aliphatic hydroxyl groups excluding tert-OH is 1. The minimum Gasteiger partial charge on any atom is -0.397 e. The molecule has 0 bridgehead atoms. The molecule has 0 unspecified atom stereocenters. The lowest BCUT2D eigenvalue weighted by molar-refractivity contribution is -0.245. The molecule has 52 heavy (non-hydrogen) atoms. The van der Waals surface area contributed by atoms with Crippen molar-refractivity contribution in [3.8, 4) is 11.1 Å². The van der Waals surface area contributed by atoms with Crippen molar-refractivity contribution in [2.45, 2.75) is 68.9 Å². The fourth-order valence-electron chi connectivity index (χ4n) is 6.06. The molecule has 0 saturated carbocycles. The number of anilines is 2. The number of aromatic nitrogens is 2. The first-order valence-corrected chi connectivity index (χ1v) is 18.5. The second-order valence-electron chi connectivity index (χ2n) is 12.9. The number of carbonyl (C=O) groups excluding carboxylic acids is 2. The molecule has 1 fully saturated rings. The lowest BCUT2D eigenvalue weighted by Crippen LogP contribution is -2.31. The van der Waals surface area contributed by atoms with Gasteiger partial charge in [-0.3, -0.25) is 9.59 Å². The Kier molecular flexibility index (Phi) is 12.8. The Morgan fingerprint density at radius 1 is 0.885 bits per heavy atom. The number of rotatable bonds is 15. The summed E-state index contributed by atoms with van der Waals surface area (Å²) in [5.41, 5.74) is 12.9. The summed E-state index contributed by atoms with van der Waals surface area (Å²) in [6, 6.07) is 31.4.